The third-order valence-corrected chi connectivity index (χ3v) is 7.96. The van der Waals surface area contributed by atoms with E-state index in [1.54, 1.807) is 36.4 Å². The van der Waals surface area contributed by atoms with E-state index in [1.807, 2.05) is 24.3 Å². The number of anilines is 2. The van der Waals surface area contributed by atoms with E-state index >= 15 is 0 Å². The van der Waals surface area contributed by atoms with Crippen LogP contribution in [0.15, 0.2) is 70.3 Å². The molecule has 0 saturated heterocycles. The van der Waals surface area contributed by atoms with Crippen LogP contribution in [0.1, 0.15) is 22.3 Å². The first-order valence-corrected chi connectivity index (χ1v) is 14.0. The van der Waals surface area contributed by atoms with Crippen LogP contribution in [0.5, 0.6) is 23.0 Å². The van der Waals surface area contributed by atoms with Crippen LogP contribution in [0.2, 0.25) is 0 Å². The third kappa shape index (κ3) is 4.23. The van der Waals surface area contributed by atoms with Crippen molar-refractivity contribution in [2.24, 2.45) is 0 Å². The summed E-state index contributed by atoms with van der Waals surface area (Å²) in [6.45, 7) is 0.0123. The largest absolute Gasteiger partial charge is 0.454 e. The molecule has 4 N–H and O–H groups in total. The van der Waals surface area contributed by atoms with Gasteiger partial charge in [-0.25, -0.2) is 0 Å². The van der Waals surface area contributed by atoms with Gasteiger partial charge in [-0.2, -0.15) is 21.0 Å². The molecule has 0 atom stereocenters. The van der Waals surface area contributed by atoms with Crippen molar-refractivity contribution in [2.75, 3.05) is 25.1 Å². The van der Waals surface area contributed by atoms with Gasteiger partial charge in [-0.15, -0.1) is 0 Å². The lowest BCUT2D eigenvalue weighted by molar-refractivity contribution is 0.173. The topological polar surface area (TPSA) is 228 Å². The lowest BCUT2D eigenvalue weighted by atomic mass is 9.95. The number of pyridine rings is 2. The predicted molar refractivity (Wildman–Crippen MR) is 168 cm³/mol. The maximum Gasteiger partial charge on any atom is 0.275 e. The molecule has 0 unspecified atom stereocenters. The molecule has 4 heterocycles. The maximum atomic E-state index is 13.7. The van der Waals surface area contributed by atoms with E-state index in [2.05, 4.69) is 0 Å². The van der Waals surface area contributed by atoms with Gasteiger partial charge in [0.15, 0.2) is 23.0 Å². The van der Waals surface area contributed by atoms with Crippen LogP contribution in [-0.2, 0) is 0 Å². The summed E-state index contributed by atoms with van der Waals surface area (Å²) >= 11 is 0. The fraction of sp³-hybridized carbons (Fsp3) is 0.0588. The average molecular weight is 635 g/mol. The SMILES string of the molecule is N#Cc1c(-c2ccc3c(c2)OCO3)c(C#N)c(=O)n(-c2ccc(-n3c(N)c(C#N)c(-c4ccc5c(c4)OCO5)c(C#N)c3=O)cc2)c1N. The molecule has 48 heavy (non-hydrogen) atoms. The zero-order valence-electron chi connectivity index (χ0n) is 24.5. The van der Waals surface area contributed by atoms with Gasteiger partial charge in [-0.05, 0) is 59.7 Å². The van der Waals surface area contributed by atoms with Crippen LogP contribution in [0.25, 0.3) is 33.6 Å². The molecule has 0 fully saturated rings. The number of rotatable bonds is 4. The molecule has 14 nitrogen and oxygen atoms in total. The van der Waals surface area contributed by atoms with Crippen LogP contribution in [0, 0.1) is 45.3 Å². The molecule has 0 radical (unpaired) electrons. The number of fused-ring (bicyclic) bond motifs is 2. The van der Waals surface area contributed by atoms with Crippen molar-refractivity contribution in [1.29, 1.82) is 21.0 Å². The number of hydrogen-bond donors (Lipinski definition) is 2. The van der Waals surface area contributed by atoms with E-state index in [4.69, 9.17) is 30.4 Å². The minimum atomic E-state index is -0.794. The standard InChI is InChI=1S/C34H18N8O6/c35-11-21-29(17-1-7-25-27(9-17)47-15-45-25)23(13-37)33(43)41(31(21)39)19-3-5-20(6-4-19)42-32(40)22(12-36)30(24(14-38)34(42)44)18-2-8-26-28(10-18)48-16-46-26/h1-10H,15-16,39-40H2. The second-order valence-corrected chi connectivity index (χ2v) is 10.4. The van der Waals surface area contributed by atoms with Gasteiger partial charge in [0.05, 0.1) is 11.4 Å². The second kappa shape index (κ2) is 11.0. The second-order valence-electron chi connectivity index (χ2n) is 10.4. The molecule has 0 spiro atoms. The highest BCUT2D eigenvalue weighted by atomic mass is 16.7. The molecule has 0 saturated carbocycles. The number of nitrogen functional groups attached to an aromatic ring is 2. The first kappa shape index (κ1) is 29.1. The van der Waals surface area contributed by atoms with E-state index in [1.165, 1.54) is 24.3 Å². The number of aromatic nitrogens is 2. The average Bonchev–Trinajstić information content (AvgIpc) is 3.77. The fourth-order valence-electron chi connectivity index (χ4n) is 5.76. The summed E-state index contributed by atoms with van der Waals surface area (Å²) in [6.07, 6.45) is 0. The van der Waals surface area contributed by atoms with Gasteiger partial charge >= 0.3 is 0 Å². The Kier molecular flexibility index (Phi) is 6.68. The Morgan fingerprint density at radius 3 is 1.23 bits per heavy atom. The quantitative estimate of drug-likeness (QED) is 0.290. The maximum absolute atomic E-state index is 13.7. The highest BCUT2D eigenvalue weighted by molar-refractivity contribution is 5.84. The molecule has 2 aliphatic heterocycles. The smallest absolute Gasteiger partial charge is 0.275 e. The molecular weight excluding hydrogens is 616 g/mol. The first-order valence-electron chi connectivity index (χ1n) is 14.0. The number of nitrogens with zero attached hydrogens (tertiary/aromatic N) is 6. The van der Waals surface area contributed by atoms with Gasteiger partial charge < -0.3 is 30.4 Å². The van der Waals surface area contributed by atoms with E-state index in [0.717, 1.165) is 9.13 Å². The van der Waals surface area contributed by atoms with Crippen molar-refractivity contribution in [3.05, 3.63) is 104 Å². The van der Waals surface area contributed by atoms with Gasteiger partial charge in [0.1, 0.15) is 58.2 Å². The molecule has 7 rings (SSSR count). The highest BCUT2D eigenvalue weighted by Crippen LogP contribution is 2.40. The van der Waals surface area contributed by atoms with Crippen molar-refractivity contribution in [3.8, 4) is 80.9 Å². The summed E-state index contributed by atoms with van der Waals surface area (Å²) in [4.78, 5) is 27.4. The van der Waals surface area contributed by atoms with Crippen LogP contribution in [0.4, 0.5) is 11.6 Å². The van der Waals surface area contributed by atoms with Gasteiger partial charge in [0.25, 0.3) is 11.1 Å². The zero-order valence-corrected chi connectivity index (χ0v) is 24.5. The fourth-order valence-corrected chi connectivity index (χ4v) is 5.76. The highest BCUT2D eigenvalue weighted by Gasteiger charge is 2.27. The molecule has 3 aromatic carbocycles. The van der Waals surface area contributed by atoms with Crippen LogP contribution in [-0.4, -0.2) is 22.7 Å². The number of benzene rings is 3. The van der Waals surface area contributed by atoms with Crippen LogP contribution in [0.3, 0.4) is 0 Å². The normalized spacial score (nSPS) is 12.1. The Bertz CT molecular complexity index is 2350. The Balaban J connectivity index is 1.36. The van der Waals surface area contributed by atoms with E-state index < -0.39 is 11.1 Å². The Labute approximate surface area is 270 Å². The van der Waals surface area contributed by atoms with Crippen molar-refractivity contribution < 1.29 is 18.9 Å². The lowest BCUT2D eigenvalue weighted by Crippen LogP contribution is -2.27. The minimum absolute atomic E-state index is 0.00614. The molecule has 2 aliphatic rings. The van der Waals surface area contributed by atoms with Crippen LogP contribution < -0.4 is 41.5 Å². The van der Waals surface area contributed by atoms with Crippen molar-refractivity contribution >= 4 is 11.6 Å². The number of hydrogen-bond acceptors (Lipinski definition) is 12. The summed E-state index contributed by atoms with van der Waals surface area (Å²) in [5.74, 6) is 1.26. The first-order chi connectivity index (χ1) is 23.3. The van der Waals surface area contributed by atoms with Crippen LogP contribution >= 0.6 is 0 Å². The summed E-state index contributed by atoms with van der Waals surface area (Å²) in [7, 11) is 0. The lowest BCUT2D eigenvalue weighted by Gasteiger charge is -2.18. The molecule has 5 aromatic rings. The summed E-state index contributed by atoms with van der Waals surface area (Å²) in [6, 6.07) is 23.0. The molecule has 0 amide bonds. The van der Waals surface area contributed by atoms with E-state index in [-0.39, 0.29) is 70.0 Å². The molecule has 14 heteroatoms. The van der Waals surface area contributed by atoms with Crippen molar-refractivity contribution in [1.82, 2.24) is 9.13 Å². The van der Waals surface area contributed by atoms with E-state index in [9.17, 15) is 30.6 Å². The minimum Gasteiger partial charge on any atom is -0.454 e. The zero-order chi connectivity index (χ0) is 33.7. The van der Waals surface area contributed by atoms with Gasteiger partial charge in [-0.1, -0.05) is 12.1 Å². The molecule has 0 bridgehead atoms. The van der Waals surface area contributed by atoms with Gasteiger partial charge in [0, 0.05) is 11.1 Å². The number of nitriles is 4. The Morgan fingerprint density at radius 1 is 0.521 bits per heavy atom. The summed E-state index contributed by atoms with van der Waals surface area (Å²) in [5, 5.41) is 40.3. The monoisotopic (exact) mass is 634 g/mol. The molecular formula is C34H18N8O6. The number of ether oxygens (including phenoxy) is 4. The molecule has 0 aliphatic carbocycles. The number of nitrogens with two attached hydrogens (primary N) is 2. The Morgan fingerprint density at radius 2 is 0.875 bits per heavy atom. The van der Waals surface area contributed by atoms with Gasteiger partial charge in [-0.3, -0.25) is 18.7 Å². The van der Waals surface area contributed by atoms with E-state index in [0.29, 0.717) is 34.1 Å². The predicted octanol–water partition coefficient (Wildman–Crippen LogP) is 3.43. The molecule has 2 aromatic heterocycles. The summed E-state index contributed by atoms with van der Waals surface area (Å²) < 4.78 is 23.5. The summed E-state index contributed by atoms with van der Waals surface area (Å²) in [5.41, 5.74) is 11.4. The Hall–Kier alpha value is -7.68. The third-order valence-electron chi connectivity index (χ3n) is 7.96. The van der Waals surface area contributed by atoms with Crippen molar-refractivity contribution in [3.63, 3.8) is 0 Å². The van der Waals surface area contributed by atoms with Gasteiger partial charge in [0.2, 0.25) is 13.6 Å². The molecule has 230 valence electrons. The van der Waals surface area contributed by atoms with Crippen molar-refractivity contribution in [2.45, 2.75) is 0 Å².